The molecule has 0 aromatic rings. The number of hydrogen-bond donors (Lipinski definition) is 7. The molecule has 2 aliphatic rings. The Bertz CT molecular complexity index is 748. The summed E-state index contributed by atoms with van der Waals surface area (Å²) in [5, 5.41) is 76.0. The zero-order chi connectivity index (χ0) is 26.2. The molecule has 196 valence electrons. The third-order valence-electron chi connectivity index (χ3n) is 9.74. The van der Waals surface area contributed by atoms with E-state index in [4.69, 9.17) is 14.2 Å². The second-order valence-corrected chi connectivity index (χ2v) is 11.8. The van der Waals surface area contributed by atoms with Crippen molar-refractivity contribution >= 4 is 0 Å². The Balaban J connectivity index is 2.40. The predicted molar refractivity (Wildman–Crippen MR) is 118 cm³/mol. The van der Waals surface area contributed by atoms with Gasteiger partial charge in [0.15, 0.2) is 0 Å². The Morgan fingerprint density at radius 3 is 1.52 bits per heavy atom. The molecule has 2 fully saturated rings. The minimum absolute atomic E-state index is 0.161. The van der Waals surface area contributed by atoms with Gasteiger partial charge in [-0.1, -0.05) is 6.92 Å². The highest BCUT2D eigenvalue weighted by molar-refractivity contribution is 5.24. The number of rotatable bonds is 6. The first kappa shape index (κ1) is 28.8. The first-order chi connectivity index (χ1) is 14.5. The fourth-order valence-electron chi connectivity index (χ4n) is 5.21. The Morgan fingerprint density at radius 2 is 1.06 bits per heavy atom. The molecule has 4 unspecified atom stereocenters. The summed E-state index contributed by atoms with van der Waals surface area (Å²) < 4.78 is 17.6. The van der Waals surface area contributed by atoms with Crippen molar-refractivity contribution in [1.29, 1.82) is 0 Å². The number of ether oxygens (including phenoxy) is 3. The Morgan fingerprint density at radius 1 is 0.606 bits per heavy atom. The van der Waals surface area contributed by atoms with E-state index in [9.17, 15) is 35.7 Å². The fourth-order valence-corrected chi connectivity index (χ4v) is 5.21. The van der Waals surface area contributed by atoms with Crippen molar-refractivity contribution in [2.75, 3.05) is 33.0 Å². The SMILES string of the molecule is CC1(O)[C@@](C)(COC[C@@]2(C)C(C)(O)COC(C)(CO)[C@@]2(C)O)OC(C)(CO)[C@@](C)(O)[C@@]1(C)O. The van der Waals surface area contributed by atoms with Crippen LogP contribution in [0.5, 0.6) is 0 Å². The Kier molecular flexibility index (Phi) is 6.81. The molecule has 2 heterocycles. The summed E-state index contributed by atoms with van der Waals surface area (Å²) in [4.78, 5) is 0. The van der Waals surface area contributed by atoms with Crippen molar-refractivity contribution in [3.8, 4) is 0 Å². The van der Waals surface area contributed by atoms with Gasteiger partial charge in [0.1, 0.15) is 39.2 Å². The van der Waals surface area contributed by atoms with Crippen LogP contribution in [0.3, 0.4) is 0 Å². The summed E-state index contributed by atoms with van der Waals surface area (Å²) in [6, 6.07) is 0. The maximum absolute atomic E-state index is 11.4. The molecule has 0 amide bonds. The van der Waals surface area contributed by atoms with E-state index >= 15 is 0 Å². The van der Waals surface area contributed by atoms with Gasteiger partial charge in [-0.3, -0.25) is 0 Å². The second-order valence-electron chi connectivity index (χ2n) is 11.8. The van der Waals surface area contributed by atoms with Crippen LogP contribution in [0.15, 0.2) is 0 Å². The smallest absolute Gasteiger partial charge is 0.124 e. The molecule has 2 aliphatic heterocycles. The summed E-state index contributed by atoms with van der Waals surface area (Å²) in [6.45, 7) is 11.1. The number of hydrogen-bond acceptors (Lipinski definition) is 10. The van der Waals surface area contributed by atoms with Crippen molar-refractivity contribution in [1.82, 2.24) is 0 Å². The zero-order valence-electron chi connectivity index (χ0n) is 21.4. The quantitative estimate of drug-likeness (QED) is 0.252. The molecule has 0 radical (unpaired) electrons. The van der Waals surface area contributed by atoms with Crippen LogP contribution in [0.25, 0.3) is 0 Å². The summed E-state index contributed by atoms with van der Waals surface area (Å²) in [6.07, 6.45) is 0. The van der Waals surface area contributed by atoms with Crippen molar-refractivity contribution in [3.63, 3.8) is 0 Å². The van der Waals surface area contributed by atoms with Crippen LogP contribution in [0.1, 0.15) is 62.3 Å². The zero-order valence-corrected chi connectivity index (χ0v) is 21.4. The molecule has 9 atom stereocenters. The van der Waals surface area contributed by atoms with E-state index in [-0.39, 0.29) is 19.8 Å². The molecule has 7 N–H and O–H groups in total. The standard InChI is InChI=1S/C23H44O10/c1-15(16(2,26)13-32-17(3,10-24)20(15,6)27)12-31-14-19(5)22(8,29)23(9,30)21(7,28)18(4,11-25)33-19/h24-30H,10-14H2,1-9H3/t15-,16?,17?,18?,19+,20-,21+,22?,23+/m0/s1. The van der Waals surface area contributed by atoms with Crippen LogP contribution in [-0.2, 0) is 14.2 Å². The highest BCUT2D eigenvalue weighted by atomic mass is 16.6. The molecular weight excluding hydrogens is 436 g/mol. The van der Waals surface area contributed by atoms with Gasteiger partial charge in [-0.2, -0.15) is 0 Å². The maximum atomic E-state index is 11.4. The van der Waals surface area contributed by atoms with Gasteiger partial charge in [0.2, 0.25) is 0 Å². The van der Waals surface area contributed by atoms with Crippen molar-refractivity contribution in [2.24, 2.45) is 5.41 Å². The first-order valence-corrected chi connectivity index (χ1v) is 11.2. The second kappa shape index (κ2) is 7.80. The Hall–Kier alpha value is -0.400. The monoisotopic (exact) mass is 480 g/mol. The minimum atomic E-state index is -2.12. The third kappa shape index (κ3) is 3.45. The van der Waals surface area contributed by atoms with E-state index in [1.807, 2.05) is 0 Å². The lowest BCUT2D eigenvalue weighted by Gasteiger charge is -2.65. The van der Waals surface area contributed by atoms with Gasteiger partial charge < -0.3 is 50.0 Å². The third-order valence-corrected chi connectivity index (χ3v) is 9.74. The fraction of sp³-hybridized carbons (Fsp3) is 1.00. The van der Waals surface area contributed by atoms with E-state index in [1.54, 1.807) is 13.8 Å². The summed E-state index contributed by atoms with van der Waals surface area (Å²) in [7, 11) is 0. The first-order valence-electron chi connectivity index (χ1n) is 11.2. The van der Waals surface area contributed by atoms with Crippen LogP contribution in [0.2, 0.25) is 0 Å². The molecule has 0 aliphatic carbocycles. The molecule has 0 aromatic heterocycles. The predicted octanol–water partition coefficient (Wildman–Crippen LogP) is -0.915. The van der Waals surface area contributed by atoms with Crippen molar-refractivity contribution in [3.05, 3.63) is 0 Å². The lowest BCUT2D eigenvalue weighted by molar-refractivity contribution is -0.409. The highest BCUT2D eigenvalue weighted by Crippen LogP contribution is 2.55. The van der Waals surface area contributed by atoms with E-state index in [1.165, 1.54) is 48.5 Å². The van der Waals surface area contributed by atoms with Crippen LogP contribution in [-0.4, -0.2) is 114 Å². The maximum Gasteiger partial charge on any atom is 0.124 e. The van der Waals surface area contributed by atoms with Gasteiger partial charge in [-0.15, -0.1) is 0 Å². The largest absolute Gasteiger partial charge is 0.393 e. The molecule has 33 heavy (non-hydrogen) atoms. The van der Waals surface area contributed by atoms with E-state index < -0.39 is 63.4 Å². The average Bonchev–Trinajstić information content (AvgIpc) is 2.69. The molecule has 2 rings (SSSR count). The van der Waals surface area contributed by atoms with E-state index in [0.717, 1.165) is 0 Å². The molecule has 10 heteroatoms. The summed E-state index contributed by atoms with van der Waals surface area (Å²) >= 11 is 0. The van der Waals surface area contributed by atoms with E-state index in [0.29, 0.717) is 0 Å². The summed E-state index contributed by atoms with van der Waals surface area (Å²) in [5.74, 6) is 0. The van der Waals surface area contributed by atoms with Crippen LogP contribution < -0.4 is 0 Å². The average molecular weight is 481 g/mol. The normalized spacial score (nSPS) is 57.8. The van der Waals surface area contributed by atoms with Gasteiger partial charge in [0.25, 0.3) is 0 Å². The van der Waals surface area contributed by atoms with Crippen molar-refractivity contribution < 1.29 is 50.0 Å². The van der Waals surface area contributed by atoms with Crippen molar-refractivity contribution in [2.45, 2.75) is 107 Å². The van der Waals surface area contributed by atoms with Crippen LogP contribution >= 0.6 is 0 Å². The molecule has 10 nitrogen and oxygen atoms in total. The molecule has 0 saturated carbocycles. The van der Waals surface area contributed by atoms with Gasteiger partial charge in [-0.05, 0) is 55.4 Å². The Labute approximate surface area is 196 Å². The van der Waals surface area contributed by atoms with Crippen LogP contribution in [0, 0.1) is 5.41 Å². The molecule has 0 aromatic carbocycles. The van der Waals surface area contributed by atoms with E-state index in [2.05, 4.69) is 0 Å². The lowest BCUT2D eigenvalue weighted by Crippen LogP contribution is -2.85. The number of aliphatic hydroxyl groups excluding tert-OH is 2. The summed E-state index contributed by atoms with van der Waals surface area (Å²) in [5.41, 5.74) is -15.4. The van der Waals surface area contributed by atoms with Gasteiger partial charge in [0, 0.05) is 0 Å². The molecular formula is C23H44O10. The molecule has 0 bridgehead atoms. The van der Waals surface area contributed by atoms with Crippen LogP contribution in [0.4, 0.5) is 0 Å². The number of aliphatic hydroxyl groups is 7. The lowest BCUT2D eigenvalue weighted by atomic mass is 9.57. The van der Waals surface area contributed by atoms with Gasteiger partial charge in [0.05, 0.1) is 44.1 Å². The molecule has 0 spiro atoms. The highest BCUT2D eigenvalue weighted by Gasteiger charge is 2.74. The minimum Gasteiger partial charge on any atom is -0.393 e. The topological polar surface area (TPSA) is 169 Å². The molecule has 2 saturated heterocycles. The van der Waals surface area contributed by atoms with Gasteiger partial charge in [-0.25, -0.2) is 0 Å². The van der Waals surface area contributed by atoms with Gasteiger partial charge >= 0.3 is 0 Å².